The van der Waals surface area contributed by atoms with Crippen molar-refractivity contribution < 1.29 is 14.0 Å². The second-order valence-corrected chi connectivity index (χ2v) is 10.7. The fourth-order valence-corrected chi connectivity index (χ4v) is 4.88. The first-order valence-electron chi connectivity index (χ1n) is 12.0. The van der Waals surface area contributed by atoms with Crippen LogP contribution in [0.5, 0.6) is 0 Å². The molecule has 1 atom stereocenters. The van der Waals surface area contributed by atoms with Crippen LogP contribution in [0.15, 0.2) is 72.2 Å². The number of thiophene rings is 1. The number of tetrazole rings is 1. The Morgan fingerprint density at radius 1 is 1.11 bits per heavy atom. The van der Waals surface area contributed by atoms with Gasteiger partial charge < -0.3 is 10.3 Å². The zero-order chi connectivity index (χ0) is 26.9. The van der Waals surface area contributed by atoms with E-state index in [0.29, 0.717) is 11.4 Å². The molecule has 0 unspecified atom stereocenters. The Morgan fingerprint density at radius 3 is 2.61 bits per heavy atom. The number of amides is 2. The lowest BCUT2D eigenvalue weighted by Gasteiger charge is -2.33. The molecule has 5 rings (SSSR count). The zero-order valence-corrected chi connectivity index (χ0v) is 21.9. The van der Waals surface area contributed by atoms with Crippen molar-refractivity contribution in [3.05, 3.63) is 83.6 Å². The van der Waals surface area contributed by atoms with Gasteiger partial charge in [-0.25, -0.2) is 4.39 Å². The first kappa shape index (κ1) is 25.3. The van der Waals surface area contributed by atoms with E-state index in [1.165, 1.54) is 34.4 Å². The number of carbonyl (C=O) groups is 2. The van der Waals surface area contributed by atoms with Gasteiger partial charge >= 0.3 is 0 Å². The number of hydrogen-bond acceptors (Lipinski definition) is 6. The summed E-state index contributed by atoms with van der Waals surface area (Å²) in [4.78, 5) is 34.1. The molecule has 0 saturated heterocycles. The van der Waals surface area contributed by atoms with Gasteiger partial charge in [0.1, 0.15) is 18.4 Å². The largest absolute Gasteiger partial charge is 0.361 e. The molecule has 0 fully saturated rings. The van der Waals surface area contributed by atoms with Gasteiger partial charge in [-0.1, -0.05) is 36.4 Å². The number of para-hydroxylation sites is 2. The summed E-state index contributed by atoms with van der Waals surface area (Å²) in [6.45, 7) is 5.18. The smallest absolute Gasteiger partial charge is 0.251 e. The van der Waals surface area contributed by atoms with Gasteiger partial charge in [-0.3, -0.25) is 14.5 Å². The van der Waals surface area contributed by atoms with Crippen LogP contribution in [0.1, 0.15) is 32.4 Å². The molecule has 0 saturated carbocycles. The minimum Gasteiger partial charge on any atom is -0.361 e. The van der Waals surface area contributed by atoms with Crippen molar-refractivity contribution in [1.29, 1.82) is 0 Å². The van der Waals surface area contributed by atoms with Crippen molar-refractivity contribution >= 4 is 39.7 Å². The molecule has 0 radical (unpaired) electrons. The molecule has 3 aromatic heterocycles. The highest BCUT2D eigenvalue weighted by molar-refractivity contribution is 7.13. The average Bonchev–Trinajstić information content (AvgIpc) is 3.63. The van der Waals surface area contributed by atoms with E-state index in [1.807, 2.05) is 62.5 Å². The number of halogens is 1. The summed E-state index contributed by atoms with van der Waals surface area (Å²) in [6, 6.07) is 15.9. The number of nitrogens with zero attached hydrogens (tertiary/aromatic N) is 5. The van der Waals surface area contributed by atoms with Crippen LogP contribution in [0.3, 0.4) is 0 Å². The van der Waals surface area contributed by atoms with Crippen LogP contribution in [0.25, 0.3) is 21.6 Å². The molecule has 5 aromatic rings. The van der Waals surface area contributed by atoms with Crippen molar-refractivity contribution in [2.24, 2.45) is 0 Å². The van der Waals surface area contributed by atoms with Gasteiger partial charge in [0.25, 0.3) is 5.91 Å². The SMILES string of the molecule is CC(C)(C)NC(=O)[C@@H](c1c[nH]c2ccccc12)N(C(=O)Cn1nnc(-c2cccs2)n1)c1ccccc1F. The molecule has 0 aliphatic heterocycles. The Balaban J connectivity index is 1.61. The van der Waals surface area contributed by atoms with Crippen LogP contribution in [-0.4, -0.2) is 42.5 Å². The van der Waals surface area contributed by atoms with Crippen molar-refractivity contribution in [2.75, 3.05) is 4.90 Å². The Kier molecular flexibility index (Phi) is 6.77. The molecule has 2 aromatic carbocycles. The first-order valence-corrected chi connectivity index (χ1v) is 12.9. The molecule has 0 spiro atoms. The maximum Gasteiger partial charge on any atom is 0.251 e. The number of hydrogen-bond donors (Lipinski definition) is 2. The molecule has 0 aliphatic carbocycles. The van der Waals surface area contributed by atoms with E-state index in [0.717, 1.165) is 20.6 Å². The Morgan fingerprint density at radius 2 is 1.87 bits per heavy atom. The van der Waals surface area contributed by atoms with Crippen LogP contribution in [-0.2, 0) is 16.1 Å². The predicted molar refractivity (Wildman–Crippen MR) is 144 cm³/mol. The van der Waals surface area contributed by atoms with E-state index in [2.05, 4.69) is 25.7 Å². The van der Waals surface area contributed by atoms with Crippen LogP contribution in [0.2, 0.25) is 0 Å². The highest BCUT2D eigenvalue weighted by Crippen LogP contribution is 2.34. The normalized spacial score (nSPS) is 12.4. The Bertz CT molecular complexity index is 1590. The average molecular weight is 532 g/mol. The van der Waals surface area contributed by atoms with Gasteiger partial charge in [-0.2, -0.15) is 4.80 Å². The summed E-state index contributed by atoms with van der Waals surface area (Å²) < 4.78 is 15.3. The molecule has 2 N–H and O–H groups in total. The molecule has 3 heterocycles. The number of benzene rings is 2. The third kappa shape index (κ3) is 5.18. The van der Waals surface area contributed by atoms with Crippen LogP contribution >= 0.6 is 11.3 Å². The number of aromatic amines is 1. The fourth-order valence-electron chi connectivity index (χ4n) is 4.23. The molecular formula is C27H26FN7O2S. The number of fused-ring (bicyclic) bond motifs is 1. The predicted octanol–water partition coefficient (Wildman–Crippen LogP) is 4.71. The van der Waals surface area contributed by atoms with Crippen molar-refractivity contribution in [3.63, 3.8) is 0 Å². The van der Waals surface area contributed by atoms with E-state index in [1.54, 1.807) is 12.3 Å². The summed E-state index contributed by atoms with van der Waals surface area (Å²) in [6.07, 6.45) is 1.68. The van der Waals surface area contributed by atoms with Gasteiger partial charge in [0.15, 0.2) is 0 Å². The summed E-state index contributed by atoms with van der Waals surface area (Å²) in [5.74, 6) is -1.29. The van der Waals surface area contributed by atoms with E-state index >= 15 is 4.39 Å². The van der Waals surface area contributed by atoms with Crippen LogP contribution in [0.4, 0.5) is 10.1 Å². The monoisotopic (exact) mass is 531 g/mol. The highest BCUT2D eigenvalue weighted by Gasteiger charge is 2.37. The summed E-state index contributed by atoms with van der Waals surface area (Å²) in [7, 11) is 0. The lowest BCUT2D eigenvalue weighted by Crippen LogP contribution is -2.50. The minimum absolute atomic E-state index is 0.0320. The van der Waals surface area contributed by atoms with E-state index in [9.17, 15) is 9.59 Å². The maximum absolute atomic E-state index is 15.3. The second-order valence-electron chi connectivity index (χ2n) is 9.77. The number of aromatic nitrogens is 5. The number of anilines is 1. The minimum atomic E-state index is -1.19. The second kappa shape index (κ2) is 10.2. The first-order chi connectivity index (χ1) is 18.2. The van der Waals surface area contributed by atoms with E-state index < -0.39 is 29.2 Å². The Hall–Kier alpha value is -4.38. The topological polar surface area (TPSA) is 109 Å². The van der Waals surface area contributed by atoms with Crippen molar-refractivity contribution in [2.45, 2.75) is 38.9 Å². The number of carbonyl (C=O) groups excluding carboxylic acids is 2. The number of rotatable bonds is 7. The van der Waals surface area contributed by atoms with Gasteiger partial charge in [-0.15, -0.1) is 21.5 Å². The quantitative estimate of drug-likeness (QED) is 0.316. The molecule has 0 bridgehead atoms. The van der Waals surface area contributed by atoms with Gasteiger partial charge in [0, 0.05) is 28.2 Å². The molecule has 11 heteroatoms. The van der Waals surface area contributed by atoms with Crippen molar-refractivity contribution in [1.82, 2.24) is 30.5 Å². The summed E-state index contributed by atoms with van der Waals surface area (Å²) in [5, 5.41) is 18.0. The lowest BCUT2D eigenvalue weighted by atomic mass is 10.00. The third-order valence-corrected chi connectivity index (χ3v) is 6.64. The standard InChI is InChI=1S/C27H26FN7O2S/c1-27(2,3)30-26(37)24(18-15-29-20-11-6-4-9-17(18)20)35(21-12-7-5-10-19(21)28)23(36)16-34-32-25(31-33-34)22-13-8-14-38-22/h4-15,24,29H,16H2,1-3H3,(H,30,37)/t24-/m1/s1. The molecule has 9 nitrogen and oxygen atoms in total. The molecule has 194 valence electrons. The van der Waals surface area contributed by atoms with Crippen LogP contribution < -0.4 is 10.2 Å². The molecular weight excluding hydrogens is 505 g/mol. The summed E-state index contributed by atoms with van der Waals surface area (Å²) in [5.41, 5.74) is 0.685. The fraction of sp³-hybridized carbons (Fsp3) is 0.222. The number of H-pyrrole nitrogens is 1. The Labute approximate surface area is 222 Å². The van der Waals surface area contributed by atoms with Crippen molar-refractivity contribution in [3.8, 4) is 10.7 Å². The van der Waals surface area contributed by atoms with Crippen LogP contribution in [0, 0.1) is 5.82 Å². The van der Waals surface area contributed by atoms with Gasteiger partial charge in [0.2, 0.25) is 11.7 Å². The maximum atomic E-state index is 15.3. The van der Waals surface area contributed by atoms with Gasteiger partial charge in [0.05, 0.1) is 10.6 Å². The van der Waals surface area contributed by atoms with Gasteiger partial charge in [-0.05, 0) is 55.6 Å². The highest BCUT2D eigenvalue weighted by atomic mass is 32.1. The zero-order valence-electron chi connectivity index (χ0n) is 21.1. The molecule has 0 aliphatic rings. The van der Waals surface area contributed by atoms with E-state index in [-0.39, 0.29) is 12.2 Å². The molecule has 38 heavy (non-hydrogen) atoms. The lowest BCUT2D eigenvalue weighted by molar-refractivity contribution is -0.128. The molecule has 2 amide bonds. The summed E-state index contributed by atoms with van der Waals surface area (Å²) >= 11 is 1.45. The third-order valence-electron chi connectivity index (χ3n) is 5.77. The van der Waals surface area contributed by atoms with E-state index in [4.69, 9.17) is 0 Å². The number of nitrogens with one attached hydrogen (secondary N) is 2.